The van der Waals surface area contributed by atoms with Gasteiger partial charge in [-0.05, 0) is 55.0 Å². The minimum Gasteiger partial charge on any atom is -0.365 e. The first-order chi connectivity index (χ1) is 15.8. The van der Waals surface area contributed by atoms with Crippen LogP contribution in [0.3, 0.4) is 0 Å². The van der Waals surface area contributed by atoms with Crippen LogP contribution in [0, 0.1) is 17.7 Å². The van der Waals surface area contributed by atoms with E-state index in [9.17, 15) is 17.6 Å². The lowest BCUT2D eigenvalue weighted by Gasteiger charge is -2.21. The summed E-state index contributed by atoms with van der Waals surface area (Å²) >= 11 is 0. The van der Waals surface area contributed by atoms with E-state index >= 15 is 0 Å². The van der Waals surface area contributed by atoms with E-state index in [1.807, 2.05) is 18.2 Å². The molecule has 1 N–H and O–H groups in total. The van der Waals surface area contributed by atoms with E-state index in [0.717, 1.165) is 50.3 Å². The summed E-state index contributed by atoms with van der Waals surface area (Å²) in [4.78, 5) is 6.74. The molecule has 2 aliphatic rings. The normalized spacial score (nSPS) is 23.0. The monoisotopic (exact) mass is 457 g/mol. The van der Waals surface area contributed by atoms with Crippen molar-refractivity contribution in [2.45, 2.75) is 31.6 Å². The number of hydrogen-bond acceptors (Lipinski definition) is 5. The Hall–Kier alpha value is -3.07. The summed E-state index contributed by atoms with van der Waals surface area (Å²) in [5.41, 5.74) is 0.380. The van der Waals surface area contributed by atoms with E-state index in [4.69, 9.17) is 0 Å². The quantitative estimate of drug-likeness (QED) is 0.546. The lowest BCUT2D eigenvalue weighted by molar-refractivity contribution is -0.137. The number of anilines is 1. The Morgan fingerprint density at radius 2 is 1.76 bits per heavy atom. The maximum Gasteiger partial charge on any atom is 0.420 e. The third-order valence-corrected chi connectivity index (χ3v) is 6.50. The van der Waals surface area contributed by atoms with E-state index < -0.39 is 17.6 Å². The van der Waals surface area contributed by atoms with Gasteiger partial charge in [-0.1, -0.05) is 18.2 Å². The fraction of sp³-hybridized carbons (Fsp3) is 0.375. The molecule has 5 nitrogen and oxygen atoms in total. The summed E-state index contributed by atoms with van der Waals surface area (Å²) in [5, 5.41) is 10.8. The van der Waals surface area contributed by atoms with Crippen LogP contribution in [0.4, 0.5) is 23.4 Å². The molecule has 1 saturated heterocycles. The first kappa shape index (κ1) is 21.8. The van der Waals surface area contributed by atoms with Crippen LogP contribution in [0.5, 0.6) is 0 Å². The highest BCUT2D eigenvalue weighted by molar-refractivity contribution is 5.62. The minimum atomic E-state index is -4.60. The lowest BCUT2D eigenvalue weighted by atomic mass is 10.0. The van der Waals surface area contributed by atoms with Gasteiger partial charge in [-0.15, -0.1) is 10.2 Å². The zero-order chi connectivity index (χ0) is 23.0. The Bertz CT molecular complexity index is 1110. The Morgan fingerprint density at radius 3 is 2.42 bits per heavy atom. The summed E-state index contributed by atoms with van der Waals surface area (Å²) < 4.78 is 54.9. The van der Waals surface area contributed by atoms with Gasteiger partial charge in [0.05, 0.1) is 11.4 Å². The summed E-state index contributed by atoms with van der Waals surface area (Å²) in [6.07, 6.45) is -1.25. The molecule has 0 bridgehead atoms. The predicted molar refractivity (Wildman–Crippen MR) is 116 cm³/mol. The number of fused-ring (bicyclic) bond motifs is 1. The molecule has 2 aromatic heterocycles. The van der Waals surface area contributed by atoms with E-state index in [2.05, 4.69) is 25.4 Å². The highest BCUT2D eigenvalue weighted by atomic mass is 19.4. The van der Waals surface area contributed by atoms with E-state index in [1.54, 1.807) is 6.20 Å². The largest absolute Gasteiger partial charge is 0.420 e. The number of likely N-dealkylation sites (tertiary alicyclic amines) is 1. The Labute approximate surface area is 188 Å². The zero-order valence-corrected chi connectivity index (χ0v) is 17.8. The number of benzene rings is 1. The smallest absolute Gasteiger partial charge is 0.365 e. The zero-order valence-electron chi connectivity index (χ0n) is 17.8. The molecule has 0 radical (unpaired) electrons. The van der Waals surface area contributed by atoms with Crippen LogP contribution in [-0.4, -0.2) is 39.2 Å². The molecular formula is C24H23F4N5. The van der Waals surface area contributed by atoms with Gasteiger partial charge in [0.2, 0.25) is 0 Å². The predicted octanol–water partition coefficient (Wildman–Crippen LogP) is 5.02. The van der Waals surface area contributed by atoms with Crippen molar-refractivity contribution in [2.24, 2.45) is 11.8 Å². The SMILES string of the molecule is Fc1cccc(-c2cc(C(F)(F)F)c(N[C@H]3C[C@@H]4CN(Cc5ccccn5)C[C@@H]4C3)nn2)c1. The van der Waals surface area contributed by atoms with Crippen LogP contribution >= 0.6 is 0 Å². The molecule has 3 atom stereocenters. The van der Waals surface area contributed by atoms with Gasteiger partial charge in [0.25, 0.3) is 0 Å². The van der Waals surface area contributed by atoms with Crippen LogP contribution in [0.2, 0.25) is 0 Å². The average molecular weight is 457 g/mol. The van der Waals surface area contributed by atoms with Gasteiger partial charge in [-0.25, -0.2) is 4.39 Å². The van der Waals surface area contributed by atoms with Gasteiger partial charge in [0, 0.05) is 37.4 Å². The van der Waals surface area contributed by atoms with Crippen molar-refractivity contribution >= 4 is 5.82 Å². The van der Waals surface area contributed by atoms with Gasteiger partial charge in [0.1, 0.15) is 11.4 Å². The summed E-state index contributed by atoms with van der Waals surface area (Å²) in [5.74, 6) is 0.0535. The molecule has 0 amide bonds. The molecule has 172 valence electrons. The Kier molecular flexibility index (Phi) is 5.74. The molecule has 0 unspecified atom stereocenters. The fourth-order valence-electron chi connectivity index (χ4n) is 5.06. The molecule has 3 aromatic rings. The van der Waals surface area contributed by atoms with E-state index in [-0.39, 0.29) is 23.1 Å². The van der Waals surface area contributed by atoms with Gasteiger partial charge in [-0.2, -0.15) is 13.2 Å². The van der Waals surface area contributed by atoms with Crippen molar-refractivity contribution < 1.29 is 17.6 Å². The van der Waals surface area contributed by atoms with Crippen molar-refractivity contribution in [2.75, 3.05) is 18.4 Å². The van der Waals surface area contributed by atoms with Gasteiger partial charge >= 0.3 is 6.18 Å². The summed E-state index contributed by atoms with van der Waals surface area (Å²) in [6.45, 7) is 2.61. The summed E-state index contributed by atoms with van der Waals surface area (Å²) in [6, 6.07) is 12.0. The van der Waals surface area contributed by atoms with Crippen LogP contribution in [-0.2, 0) is 12.7 Å². The van der Waals surface area contributed by atoms with E-state index in [0.29, 0.717) is 11.8 Å². The molecule has 5 rings (SSSR count). The third kappa shape index (κ3) is 4.83. The molecule has 1 aliphatic carbocycles. The number of aromatic nitrogens is 3. The highest BCUT2D eigenvalue weighted by Crippen LogP contribution is 2.41. The Balaban J connectivity index is 1.27. The first-order valence-electron chi connectivity index (χ1n) is 10.9. The number of pyridine rings is 1. The standard InChI is InChI=1S/C24H23F4N5/c25-18-5-3-4-15(8-18)22-11-21(24(26,27)28)23(32-31-22)30-20-9-16-12-33(13-17(16)10-20)14-19-6-1-2-7-29-19/h1-8,11,16-17,20H,9-10,12-14H2,(H,30,32)/t16-,17+,20+. The topological polar surface area (TPSA) is 53.9 Å². The molecule has 1 aromatic carbocycles. The molecule has 1 aliphatic heterocycles. The number of alkyl halides is 3. The van der Waals surface area contributed by atoms with Gasteiger partial charge < -0.3 is 5.32 Å². The van der Waals surface area contributed by atoms with Crippen molar-refractivity contribution in [1.82, 2.24) is 20.1 Å². The van der Waals surface area contributed by atoms with Crippen LogP contribution < -0.4 is 5.32 Å². The second-order valence-corrected chi connectivity index (χ2v) is 8.85. The number of nitrogens with one attached hydrogen (secondary N) is 1. The van der Waals surface area contributed by atoms with Crippen molar-refractivity contribution in [3.05, 3.63) is 71.8 Å². The summed E-state index contributed by atoms with van der Waals surface area (Å²) in [7, 11) is 0. The molecule has 1 saturated carbocycles. The van der Waals surface area contributed by atoms with Gasteiger partial charge in [0.15, 0.2) is 5.82 Å². The molecule has 3 heterocycles. The minimum absolute atomic E-state index is 0.0131. The maximum absolute atomic E-state index is 13.8. The fourth-order valence-corrected chi connectivity index (χ4v) is 5.06. The van der Waals surface area contributed by atoms with Gasteiger partial charge in [-0.3, -0.25) is 9.88 Å². The second kappa shape index (κ2) is 8.70. The van der Waals surface area contributed by atoms with E-state index in [1.165, 1.54) is 18.2 Å². The Morgan fingerprint density at radius 1 is 0.970 bits per heavy atom. The maximum atomic E-state index is 13.8. The van der Waals surface area contributed by atoms with Crippen LogP contribution in [0.15, 0.2) is 54.7 Å². The number of hydrogen-bond donors (Lipinski definition) is 1. The molecule has 33 heavy (non-hydrogen) atoms. The molecular weight excluding hydrogens is 434 g/mol. The number of rotatable bonds is 5. The molecule has 9 heteroatoms. The third-order valence-electron chi connectivity index (χ3n) is 6.50. The highest BCUT2D eigenvalue weighted by Gasteiger charge is 2.42. The number of halogens is 4. The van der Waals surface area contributed by atoms with Crippen molar-refractivity contribution in [3.63, 3.8) is 0 Å². The van der Waals surface area contributed by atoms with Crippen LogP contribution in [0.1, 0.15) is 24.1 Å². The van der Waals surface area contributed by atoms with Crippen LogP contribution in [0.25, 0.3) is 11.3 Å². The van der Waals surface area contributed by atoms with Crippen molar-refractivity contribution in [1.29, 1.82) is 0 Å². The number of nitrogens with zero attached hydrogens (tertiary/aromatic N) is 4. The molecule has 2 fully saturated rings. The second-order valence-electron chi connectivity index (χ2n) is 8.85. The molecule has 0 spiro atoms. The first-order valence-corrected chi connectivity index (χ1v) is 10.9. The lowest BCUT2D eigenvalue weighted by Crippen LogP contribution is -2.26. The van der Waals surface area contributed by atoms with Crippen molar-refractivity contribution in [3.8, 4) is 11.3 Å². The average Bonchev–Trinajstić information content (AvgIpc) is 3.32.